The molecule has 0 aliphatic heterocycles. The molecule has 0 amide bonds. The van der Waals surface area contributed by atoms with E-state index in [1.165, 1.54) is 0 Å². The molecule has 0 spiro atoms. The number of nitrogens with two attached hydrogens (primary N) is 4. The second kappa shape index (κ2) is 21.5. The van der Waals surface area contributed by atoms with Gasteiger partial charge in [0.05, 0.1) is 29.8 Å². The smallest absolute Gasteiger partial charge is 0.218 e. The van der Waals surface area contributed by atoms with Gasteiger partial charge in [-0.2, -0.15) is 37.9 Å². The SMILES string of the molecule is NC(=NCCCCCCN=C(N)N=C(N)Nc1ccc(Cl)cc1)N=C(N)Nc1ccc(Cl)cc1.[O-][Cl+3]([O-])([O-])O.[O-][Cl+3]([O-])([O-])O. The molecule has 18 nitrogen and oxygen atoms in total. The van der Waals surface area contributed by atoms with Gasteiger partial charge in [-0.05, 0) is 61.4 Å². The van der Waals surface area contributed by atoms with Crippen LogP contribution in [-0.2, 0) is 0 Å². The van der Waals surface area contributed by atoms with Gasteiger partial charge in [0.15, 0.2) is 0 Å². The van der Waals surface area contributed by atoms with Crippen LogP contribution in [-0.4, -0.2) is 46.2 Å². The number of aliphatic imine (C=N–C) groups is 4. The zero-order valence-electron chi connectivity index (χ0n) is 22.8. The summed E-state index contributed by atoms with van der Waals surface area (Å²) in [4.78, 5) is 16.5. The highest BCUT2D eigenvalue weighted by Crippen LogP contribution is 2.13. The predicted molar refractivity (Wildman–Crippen MR) is 149 cm³/mol. The first-order valence-corrected chi connectivity index (χ1v) is 15.2. The summed E-state index contributed by atoms with van der Waals surface area (Å²) in [7, 11) is -9.39. The second-order valence-electron chi connectivity index (χ2n) is 7.94. The standard InChI is InChI=1S/C22H30Cl2N10.2ClHO4/c23-15-5-9-17(10-6-15)31-21(27)33-19(25)29-13-3-1-2-4-14-30-20(26)34-22(28)32-18-11-7-16(24)8-12-18;2*2-1(3,4)5/h5-12H,1-4,13-14H2,(H5,25,27,29,31,33)(H5,26,28,30,32,34);2*(H,2,3,4,5). The third-order valence-corrected chi connectivity index (χ3v) is 4.82. The van der Waals surface area contributed by atoms with Crippen molar-refractivity contribution in [1.29, 1.82) is 0 Å². The van der Waals surface area contributed by atoms with Crippen LogP contribution in [0.4, 0.5) is 11.4 Å². The first-order valence-electron chi connectivity index (χ1n) is 11.9. The zero-order chi connectivity index (χ0) is 33.8. The van der Waals surface area contributed by atoms with E-state index in [-0.39, 0.29) is 23.8 Å². The fraction of sp³-hybridized carbons (Fsp3) is 0.273. The molecule has 2 aromatic rings. The minimum absolute atomic E-state index is 0.124. The lowest BCUT2D eigenvalue weighted by Crippen LogP contribution is -2.58. The van der Waals surface area contributed by atoms with Crippen LogP contribution in [0.3, 0.4) is 0 Å². The molecule has 0 bridgehead atoms. The van der Waals surface area contributed by atoms with Crippen LogP contribution in [0.15, 0.2) is 68.5 Å². The third-order valence-electron chi connectivity index (χ3n) is 4.32. The number of halogens is 4. The molecular weight excluding hydrogens is 674 g/mol. The maximum Gasteiger partial charge on any atom is 0.218 e. The molecule has 0 aliphatic carbocycles. The number of anilines is 2. The van der Waals surface area contributed by atoms with E-state index in [2.05, 4.69) is 30.6 Å². The lowest BCUT2D eigenvalue weighted by Gasteiger charge is -2.05. The fourth-order valence-corrected chi connectivity index (χ4v) is 2.95. The van der Waals surface area contributed by atoms with Crippen LogP contribution in [0.5, 0.6) is 0 Å². The van der Waals surface area contributed by atoms with Crippen LogP contribution in [0.1, 0.15) is 25.7 Å². The molecule has 0 fully saturated rings. The van der Waals surface area contributed by atoms with Crippen molar-refractivity contribution in [2.45, 2.75) is 25.7 Å². The van der Waals surface area contributed by atoms with Gasteiger partial charge in [0.1, 0.15) is 0 Å². The molecule has 2 aromatic carbocycles. The van der Waals surface area contributed by atoms with Gasteiger partial charge in [0.25, 0.3) is 0 Å². The summed E-state index contributed by atoms with van der Waals surface area (Å²) in [5, 5.41) is 7.11. The van der Waals surface area contributed by atoms with Gasteiger partial charge >= 0.3 is 0 Å². The van der Waals surface area contributed by atoms with Gasteiger partial charge in [0, 0.05) is 34.5 Å². The van der Waals surface area contributed by atoms with E-state index in [0.29, 0.717) is 23.1 Å². The summed E-state index contributed by atoms with van der Waals surface area (Å²) in [6, 6.07) is 14.1. The molecule has 44 heavy (non-hydrogen) atoms. The van der Waals surface area contributed by atoms with Crippen molar-refractivity contribution in [3.8, 4) is 0 Å². The third kappa shape index (κ3) is 28.9. The molecule has 0 heterocycles. The average molecular weight is 706 g/mol. The summed E-state index contributed by atoms with van der Waals surface area (Å²) < 4.78 is 65.4. The lowest BCUT2D eigenvalue weighted by atomic mass is 10.2. The lowest BCUT2D eigenvalue weighted by molar-refractivity contribution is -1.92. The van der Waals surface area contributed by atoms with Crippen LogP contribution in [0.25, 0.3) is 0 Å². The van der Waals surface area contributed by atoms with Gasteiger partial charge < -0.3 is 33.6 Å². The van der Waals surface area contributed by atoms with Crippen molar-refractivity contribution in [3.05, 3.63) is 58.6 Å². The van der Waals surface area contributed by atoms with Gasteiger partial charge in [-0.3, -0.25) is 9.98 Å². The van der Waals surface area contributed by atoms with Gasteiger partial charge in [-0.15, -0.1) is 0 Å². The maximum absolute atomic E-state index is 8.60. The van der Waals surface area contributed by atoms with Gasteiger partial charge in [-0.25, -0.2) is 0 Å². The highest BCUT2D eigenvalue weighted by atomic mass is 35.7. The first-order chi connectivity index (χ1) is 20.3. The predicted octanol–water partition coefficient (Wildman–Crippen LogP) is -4.91. The molecule has 0 radical (unpaired) electrons. The van der Waals surface area contributed by atoms with E-state index in [1.807, 2.05) is 0 Å². The van der Waals surface area contributed by atoms with Crippen molar-refractivity contribution >= 4 is 58.4 Å². The maximum atomic E-state index is 8.60. The van der Waals surface area contributed by atoms with E-state index in [0.717, 1.165) is 37.1 Å². The molecule has 12 N–H and O–H groups in total. The van der Waals surface area contributed by atoms with Crippen LogP contribution in [0.2, 0.25) is 10.0 Å². The molecule has 0 atom stereocenters. The summed E-state index contributed by atoms with van der Waals surface area (Å²) in [6.45, 7) is 1.12. The fourth-order valence-electron chi connectivity index (χ4n) is 2.70. The topological polar surface area (TPSA) is 356 Å². The Morgan fingerprint density at radius 1 is 0.591 bits per heavy atom. The number of guanidine groups is 4. The number of hydrogen-bond acceptors (Lipinski definition) is 10. The minimum atomic E-state index is -4.69. The normalized spacial score (nSPS) is 12.9. The van der Waals surface area contributed by atoms with Crippen LogP contribution < -0.4 is 61.5 Å². The molecule has 0 aliphatic rings. The molecule has 246 valence electrons. The molecule has 0 aromatic heterocycles. The largest absolute Gasteiger partial charge is 0.369 e. The summed E-state index contributed by atoms with van der Waals surface area (Å²) in [6.07, 6.45) is 3.68. The van der Waals surface area contributed by atoms with Gasteiger partial charge in [0.2, 0.25) is 23.8 Å². The van der Waals surface area contributed by atoms with Crippen LogP contribution in [0, 0.1) is 20.5 Å². The molecule has 0 unspecified atom stereocenters. The van der Waals surface area contributed by atoms with E-state index < -0.39 is 20.5 Å². The summed E-state index contributed by atoms with van der Waals surface area (Å²) in [5.74, 6) is 0.564. The van der Waals surface area contributed by atoms with Crippen molar-refractivity contribution in [2.75, 3.05) is 23.7 Å². The molecular formula is C22H32Cl4N10O8. The van der Waals surface area contributed by atoms with Crippen molar-refractivity contribution < 1.29 is 57.8 Å². The summed E-state index contributed by atoms with van der Waals surface area (Å²) >= 11 is 11.7. The number of unbranched alkanes of at least 4 members (excludes halogenated alkanes) is 3. The number of hydrogen-bond donors (Lipinski definition) is 8. The highest BCUT2D eigenvalue weighted by molar-refractivity contribution is 6.31. The van der Waals surface area contributed by atoms with Crippen LogP contribution >= 0.6 is 23.2 Å². The first kappa shape index (κ1) is 40.8. The monoisotopic (exact) mass is 704 g/mol. The Kier molecular flexibility index (Phi) is 19.9. The minimum Gasteiger partial charge on any atom is -0.369 e. The van der Waals surface area contributed by atoms with Crippen molar-refractivity contribution in [3.63, 3.8) is 0 Å². The Hall–Kier alpha value is -3.24. The Morgan fingerprint density at radius 3 is 1.14 bits per heavy atom. The van der Waals surface area contributed by atoms with E-state index in [4.69, 9.17) is 83.4 Å². The zero-order valence-corrected chi connectivity index (χ0v) is 25.8. The van der Waals surface area contributed by atoms with Crippen molar-refractivity contribution in [2.24, 2.45) is 42.9 Å². The number of benzene rings is 2. The molecule has 2 rings (SSSR count). The van der Waals surface area contributed by atoms with E-state index in [1.54, 1.807) is 48.5 Å². The molecule has 22 heteroatoms. The average Bonchev–Trinajstić information content (AvgIpc) is 2.86. The number of rotatable bonds is 9. The summed E-state index contributed by atoms with van der Waals surface area (Å²) in [5.41, 5.74) is 24.8. The number of nitrogens with one attached hydrogen (secondary N) is 2. The highest BCUT2D eigenvalue weighted by Gasteiger charge is 2.00. The Bertz CT molecular complexity index is 1120. The number of nitrogens with zero attached hydrogens (tertiary/aromatic N) is 4. The Labute approximate surface area is 266 Å². The molecule has 0 saturated carbocycles. The molecule has 0 saturated heterocycles. The Morgan fingerprint density at radius 2 is 0.864 bits per heavy atom. The van der Waals surface area contributed by atoms with E-state index in [9.17, 15) is 0 Å². The Balaban J connectivity index is 0.00000159. The second-order valence-corrected chi connectivity index (χ2v) is 10.4. The van der Waals surface area contributed by atoms with Gasteiger partial charge in [-0.1, -0.05) is 36.0 Å². The quantitative estimate of drug-likeness (QED) is 0.0688. The van der Waals surface area contributed by atoms with Crippen molar-refractivity contribution in [1.82, 2.24) is 0 Å². The van der Waals surface area contributed by atoms with E-state index >= 15 is 0 Å².